The molecule has 1 N–H and O–H groups in total. The number of methoxy groups -OCH3 is 1. The van der Waals surface area contributed by atoms with Crippen LogP contribution >= 0.6 is 0 Å². The second-order valence-electron chi connectivity index (χ2n) is 7.99. The lowest BCUT2D eigenvalue weighted by atomic mass is 10.1. The van der Waals surface area contributed by atoms with Gasteiger partial charge >= 0.3 is 0 Å². The van der Waals surface area contributed by atoms with Crippen LogP contribution in [0.3, 0.4) is 0 Å². The Morgan fingerprint density at radius 3 is 2.44 bits per heavy atom. The molecule has 2 aliphatic heterocycles. The van der Waals surface area contributed by atoms with Crippen molar-refractivity contribution in [3.05, 3.63) is 48.0 Å². The van der Waals surface area contributed by atoms with Crippen LogP contribution in [0.25, 0.3) is 0 Å². The minimum atomic E-state index is -4.01. The fourth-order valence-corrected chi connectivity index (χ4v) is 5.28. The van der Waals surface area contributed by atoms with Gasteiger partial charge in [0.2, 0.25) is 5.91 Å². The molecule has 8 nitrogen and oxygen atoms in total. The summed E-state index contributed by atoms with van der Waals surface area (Å²) in [5.74, 6) is 0.184. The Bertz CT molecular complexity index is 1130. The molecule has 2 amide bonds. The minimum absolute atomic E-state index is 0.00627. The Labute approximate surface area is 188 Å². The lowest BCUT2D eigenvalue weighted by Gasteiger charge is -2.27. The van der Waals surface area contributed by atoms with Crippen molar-refractivity contribution in [1.29, 1.82) is 0 Å². The van der Waals surface area contributed by atoms with Crippen molar-refractivity contribution in [3.8, 4) is 5.75 Å². The van der Waals surface area contributed by atoms with Crippen molar-refractivity contribution < 1.29 is 22.7 Å². The molecule has 4 rings (SSSR count). The summed E-state index contributed by atoms with van der Waals surface area (Å²) in [6, 6.07) is 11.0. The maximum absolute atomic E-state index is 13.2. The highest BCUT2D eigenvalue weighted by Gasteiger charge is 2.28. The van der Waals surface area contributed by atoms with Gasteiger partial charge in [-0.05, 0) is 56.0 Å². The van der Waals surface area contributed by atoms with Crippen molar-refractivity contribution in [2.24, 2.45) is 0 Å². The van der Waals surface area contributed by atoms with Gasteiger partial charge in [0.1, 0.15) is 5.75 Å². The first kappa shape index (κ1) is 22.1. The predicted octanol–water partition coefficient (Wildman–Crippen LogP) is 3.25. The lowest BCUT2D eigenvalue weighted by Crippen LogP contribution is -2.36. The van der Waals surface area contributed by atoms with Gasteiger partial charge in [-0.3, -0.25) is 14.3 Å². The number of hydrogen-bond acceptors (Lipinski definition) is 5. The van der Waals surface area contributed by atoms with E-state index in [1.54, 1.807) is 40.1 Å². The van der Waals surface area contributed by atoms with Gasteiger partial charge in [0.05, 0.1) is 28.9 Å². The quantitative estimate of drug-likeness (QED) is 0.718. The Morgan fingerprint density at radius 2 is 1.75 bits per heavy atom. The van der Waals surface area contributed by atoms with Gasteiger partial charge in [-0.25, -0.2) is 8.42 Å². The van der Waals surface area contributed by atoms with Crippen LogP contribution in [0.4, 0.5) is 11.4 Å². The molecule has 0 saturated carbocycles. The molecule has 32 heavy (non-hydrogen) atoms. The Hall–Kier alpha value is -3.07. The summed E-state index contributed by atoms with van der Waals surface area (Å²) in [6.45, 7) is 1.86. The number of nitrogens with one attached hydrogen (secondary N) is 1. The molecule has 2 aliphatic rings. The Balaban J connectivity index is 1.64. The monoisotopic (exact) mass is 457 g/mol. The standard InChI is InChI=1S/C23H27N3O5S/c1-31-21-12-11-17(16-20(21)26-15-7-10-22(26)27)32(29,30)24-19-9-4-3-8-18(19)23(28)25-13-5-2-6-14-25/h3-4,8-9,11-12,16,24H,2,5-7,10,13-15H2,1H3. The van der Waals surface area contributed by atoms with Gasteiger partial charge < -0.3 is 14.5 Å². The van der Waals surface area contributed by atoms with Crippen molar-refractivity contribution in [1.82, 2.24) is 4.90 Å². The molecule has 0 aliphatic carbocycles. The third-order valence-corrected chi connectivity index (χ3v) is 7.23. The van der Waals surface area contributed by atoms with E-state index in [1.807, 2.05) is 0 Å². The average Bonchev–Trinajstić information content (AvgIpc) is 3.24. The van der Waals surface area contributed by atoms with E-state index in [4.69, 9.17) is 4.74 Å². The molecule has 0 aromatic heterocycles. The molecule has 2 saturated heterocycles. The van der Waals surface area contributed by atoms with Crippen molar-refractivity contribution in [2.75, 3.05) is 36.4 Å². The molecule has 0 radical (unpaired) electrons. The molecule has 0 unspecified atom stereocenters. The molecule has 0 bridgehead atoms. The summed E-state index contributed by atoms with van der Waals surface area (Å²) in [5, 5.41) is 0. The summed E-state index contributed by atoms with van der Waals surface area (Å²) >= 11 is 0. The number of ether oxygens (including phenoxy) is 1. The summed E-state index contributed by atoms with van der Waals surface area (Å²) in [5.41, 5.74) is 0.981. The molecule has 0 atom stereocenters. The smallest absolute Gasteiger partial charge is 0.261 e. The number of nitrogens with zero attached hydrogens (tertiary/aromatic N) is 2. The van der Waals surface area contributed by atoms with E-state index < -0.39 is 10.0 Å². The van der Waals surface area contributed by atoms with Crippen molar-refractivity contribution >= 4 is 33.2 Å². The normalized spacial score (nSPS) is 16.8. The minimum Gasteiger partial charge on any atom is -0.495 e. The average molecular weight is 458 g/mol. The van der Waals surface area contributed by atoms with E-state index in [0.29, 0.717) is 49.5 Å². The molecular formula is C23H27N3O5S. The number of piperidine rings is 1. The van der Waals surface area contributed by atoms with Crippen molar-refractivity contribution in [2.45, 2.75) is 37.0 Å². The number of anilines is 2. The largest absolute Gasteiger partial charge is 0.495 e. The van der Waals surface area contributed by atoms with Gasteiger partial charge in [-0.1, -0.05) is 12.1 Å². The van der Waals surface area contributed by atoms with Gasteiger partial charge in [0.15, 0.2) is 0 Å². The van der Waals surface area contributed by atoms with Crippen molar-refractivity contribution in [3.63, 3.8) is 0 Å². The van der Waals surface area contributed by atoms with Gasteiger partial charge in [-0.2, -0.15) is 0 Å². The summed E-state index contributed by atoms with van der Waals surface area (Å²) < 4.78 is 34.4. The van der Waals surface area contributed by atoms with Crippen LogP contribution in [0.15, 0.2) is 47.4 Å². The lowest BCUT2D eigenvalue weighted by molar-refractivity contribution is -0.117. The summed E-state index contributed by atoms with van der Waals surface area (Å²) in [4.78, 5) is 28.6. The zero-order valence-corrected chi connectivity index (χ0v) is 18.9. The van der Waals surface area contributed by atoms with Gasteiger partial charge in [-0.15, -0.1) is 0 Å². The molecule has 2 heterocycles. The van der Waals surface area contributed by atoms with Crippen LogP contribution in [0, 0.1) is 0 Å². The number of hydrogen-bond donors (Lipinski definition) is 1. The molecular weight excluding hydrogens is 430 g/mol. The molecule has 2 aromatic rings. The Kier molecular flexibility index (Phi) is 6.36. The maximum Gasteiger partial charge on any atom is 0.261 e. The van der Waals surface area contributed by atoms with Crippen LogP contribution in [0.2, 0.25) is 0 Å². The van der Waals surface area contributed by atoms with Crippen LogP contribution in [-0.2, 0) is 14.8 Å². The molecule has 2 aromatic carbocycles. The summed E-state index contributed by atoms with van der Waals surface area (Å²) in [7, 11) is -2.53. The molecule has 2 fully saturated rings. The first-order valence-electron chi connectivity index (χ1n) is 10.8. The first-order chi connectivity index (χ1) is 15.4. The third-order valence-electron chi connectivity index (χ3n) is 5.87. The van der Waals surface area contributed by atoms with Gasteiger partial charge in [0, 0.05) is 26.1 Å². The fourth-order valence-electron chi connectivity index (χ4n) is 4.18. The molecule has 9 heteroatoms. The van der Waals surface area contributed by atoms with E-state index >= 15 is 0 Å². The highest BCUT2D eigenvalue weighted by molar-refractivity contribution is 7.92. The molecule has 170 valence electrons. The second kappa shape index (κ2) is 9.20. The zero-order chi connectivity index (χ0) is 22.7. The number of sulfonamides is 1. The summed E-state index contributed by atoms with van der Waals surface area (Å²) in [6.07, 6.45) is 4.12. The van der Waals surface area contributed by atoms with E-state index in [9.17, 15) is 18.0 Å². The second-order valence-corrected chi connectivity index (χ2v) is 9.67. The number of carbonyl (C=O) groups is 2. The van der Waals surface area contributed by atoms with E-state index in [-0.39, 0.29) is 22.4 Å². The SMILES string of the molecule is COc1ccc(S(=O)(=O)Nc2ccccc2C(=O)N2CCCCC2)cc1N1CCCC1=O. The van der Waals surface area contributed by atoms with Crippen LogP contribution in [-0.4, -0.2) is 51.9 Å². The number of carbonyl (C=O) groups excluding carboxylic acids is 2. The van der Waals surface area contributed by atoms with Crippen LogP contribution < -0.4 is 14.4 Å². The van der Waals surface area contributed by atoms with E-state index in [1.165, 1.54) is 19.2 Å². The number of benzene rings is 2. The fraction of sp³-hybridized carbons (Fsp3) is 0.391. The van der Waals surface area contributed by atoms with Crippen LogP contribution in [0.5, 0.6) is 5.75 Å². The number of likely N-dealkylation sites (tertiary alicyclic amines) is 1. The highest BCUT2D eigenvalue weighted by atomic mass is 32.2. The van der Waals surface area contributed by atoms with Gasteiger partial charge in [0.25, 0.3) is 15.9 Å². The maximum atomic E-state index is 13.2. The van der Waals surface area contributed by atoms with E-state index in [0.717, 1.165) is 19.3 Å². The zero-order valence-electron chi connectivity index (χ0n) is 18.0. The third kappa shape index (κ3) is 4.43. The topological polar surface area (TPSA) is 96.0 Å². The Morgan fingerprint density at radius 1 is 1.00 bits per heavy atom. The molecule has 0 spiro atoms. The first-order valence-corrected chi connectivity index (χ1v) is 12.3. The number of para-hydroxylation sites is 1. The number of rotatable bonds is 6. The van der Waals surface area contributed by atoms with Crippen LogP contribution in [0.1, 0.15) is 42.5 Å². The highest BCUT2D eigenvalue weighted by Crippen LogP contribution is 2.34. The van der Waals surface area contributed by atoms with E-state index in [2.05, 4.69) is 4.72 Å². The number of amides is 2. The predicted molar refractivity (Wildman–Crippen MR) is 122 cm³/mol.